The topological polar surface area (TPSA) is 98.4 Å². The molecule has 0 bridgehead atoms. The summed E-state index contributed by atoms with van der Waals surface area (Å²) >= 11 is 6.04. The highest BCUT2D eigenvalue weighted by molar-refractivity contribution is 7.89. The minimum atomic E-state index is -3.64. The predicted molar refractivity (Wildman–Crippen MR) is 97.0 cm³/mol. The Morgan fingerprint density at radius 1 is 1.30 bits per heavy atom. The highest BCUT2D eigenvalue weighted by Gasteiger charge is 2.40. The minimum Gasteiger partial charge on any atom is -0.495 e. The van der Waals surface area contributed by atoms with Gasteiger partial charge in [0.25, 0.3) is 5.89 Å². The fourth-order valence-electron chi connectivity index (χ4n) is 2.76. The third-order valence-corrected chi connectivity index (χ3v) is 6.45. The van der Waals surface area contributed by atoms with Crippen LogP contribution in [-0.4, -0.2) is 48.0 Å². The summed E-state index contributed by atoms with van der Waals surface area (Å²) in [4.78, 5) is 8.48. The molecule has 0 amide bonds. The first kappa shape index (κ1) is 17.9. The molecule has 1 fully saturated rings. The van der Waals surface area contributed by atoms with E-state index < -0.39 is 10.0 Å². The summed E-state index contributed by atoms with van der Waals surface area (Å²) in [6, 6.07) is 7.98. The van der Waals surface area contributed by atoms with E-state index in [0.29, 0.717) is 23.0 Å². The number of nitrogens with zero attached hydrogens (tertiary/aromatic N) is 4. The fraction of sp³-hybridized carbons (Fsp3) is 0.235. The highest BCUT2D eigenvalue weighted by Crippen LogP contribution is 2.34. The molecule has 1 aromatic carbocycles. The number of sulfonamides is 1. The minimum absolute atomic E-state index is 0.121. The molecule has 27 heavy (non-hydrogen) atoms. The van der Waals surface area contributed by atoms with Gasteiger partial charge in [0.1, 0.15) is 5.75 Å². The van der Waals surface area contributed by atoms with Crippen molar-refractivity contribution in [2.45, 2.75) is 10.8 Å². The molecule has 3 heterocycles. The Balaban J connectivity index is 1.47. The SMILES string of the molecule is COc1ccc(S(=O)(=O)N2CC(c3noc(-c4cccnc4)n3)C2)cc1Cl. The van der Waals surface area contributed by atoms with Crippen molar-refractivity contribution in [2.75, 3.05) is 20.2 Å². The summed E-state index contributed by atoms with van der Waals surface area (Å²) in [7, 11) is -2.17. The Labute approximate surface area is 160 Å². The molecule has 0 spiro atoms. The van der Waals surface area contributed by atoms with Crippen LogP contribution in [0.25, 0.3) is 11.5 Å². The van der Waals surface area contributed by atoms with Crippen LogP contribution in [0.2, 0.25) is 5.02 Å². The zero-order valence-electron chi connectivity index (χ0n) is 14.2. The van der Waals surface area contributed by atoms with Crippen LogP contribution in [0.3, 0.4) is 0 Å². The highest BCUT2D eigenvalue weighted by atomic mass is 35.5. The van der Waals surface area contributed by atoms with Crippen LogP contribution in [0.4, 0.5) is 0 Å². The average molecular weight is 407 g/mol. The zero-order valence-corrected chi connectivity index (χ0v) is 15.8. The van der Waals surface area contributed by atoms with Gasteiger partial charge in [-0.3, -0.25) is 4.98 Å². The van der Waals surface area contributed by atoms with Gasteiger partial charge in [0.05, 0.1) is 28.5 Å². The monoisotopic (exact) mass is 406 g/mol. The molecule has 8 nitrogen and oxygen atoms in total. The van der Waals surface area contributed by atoms with E-state index in [-0.39, 0.29) is 28.9 Å². The first-order valence-corrected chi connectivity index (χ1v) is 9.88. The van der Waals surface area contributed by atoms with Gasteiger partial charge in [0, 0.05) is 25.5 Å². The predicted octanol–water partition coefficient (Wildman–Crippen LogP) is 2.58. The summed E-state index contributed by atoms with van der Waals surface area (Å²) in [6.45, 7) is 0.552. The lowest BCUT2D eigenvalue weighted by atomic mass is 10.0. The van der Waals surface area contributed by atoms with Crippen LogP contribution in [0.15, 0.2) is 52.1 Å². The summed E-state index contributed by atoms with van der Waals surface area (Å²) < 4.78 is 37.1. The third kappa shape index (κ3) is 3.29. The van der Waals surface area contributed by atoms with Crippen LogP contribution >= 0.6 is 11.6 Å². The molecule has 0 radical (unpaired) electrons. The van der Waals surface area contributed by atoms with E-state index in [1.807, 2.05) is 6.07 Å². The number of pyridine rings is 1. The molecule has 140 valence electrons. The second kappa shape index (κ2) is 6.91. The van der Waals surface area contributed by atoms with Crippen molar-refractivity contribution in [3.05, 3.63) is 53.6 Å². The zero-order chi connectivity index (χ0) is 19.0. The van der Waals surface area contributed by atoms with Crippen molar-refractivity contribution in [3.63, 3.8) is 0 Å². The Hall–Kier alpha value is -2.49. The summed E-state index contributed by atoms with van der Waals surface area (Å²) in [5, 5.41) is 4.21. The van der Waals surface area contributed by atoms with E-state index in [0.717, 1.165) is 0 Å². The van der Waals surface area contributed by atoms with Crippen molar-refractivity contribution >= 4 is 21.6 Å². The first-order chi connectivity index (χ1) is 13.0. The van der Waals surface area contributed by atoms with Gasteiger partial charge in [-0.15, -0.1) is 0 Å². The maximum Gasteiger partial charge on any atom is 0.259 e. The standard InChI is InChI=1S/C17H15ClN4O4S/c1-25-15-5-4-13(7-14(15)18)27(23,24)22-9-12(10-22)16-20-17(26-21-16)11-3-2-6-19-8-11/h2-8,12H,9-10H2,1H3. The van der Waals surface area contributed by atoms with E-state index in [1.165, 1.54) is 29.6 Å². The molecular formula is C17H15ClN4O4S. The van der Waals surface area contributed by atoms with Crippen molar-refractivity contribution in [3.8, 4) is 17.2 Å². The molecule has 0 saturated carbocycles. The molecule has 3 aromatic rings. The molecule has 1 saturated heterocycles. The average Bonchev–Trinajstić information content (AvgIpc) is 3.10. The number of ether oxygens (including phenoxy) is 1. The molecule has 1 aliphatic rings. The molecule has 0 unspecified atom stereocenters. The van der Waals surface area contributed by atoms with E-state index in [9.17, 15) is 8.42 Å². The molecule has 0 aliphatic carbocycles. The van der Waals surface area contributed by atoms with Gasteiger partial charge in [-0.2, -0.15) is 9.29 Å². The van der Waals surface area contributed by atoms with Crippen LogP contribution in [0.1, 0.15) is 11.7 Å². The van der Waals surface area contributed by atoms with E-state index in [2.05, 4.69) is 15.1 Å². The lowest BCUT2D eigenvalue weighted by molar-refractivity contribution is 0.250. The van der Waals surface area contributed by atoms with Crippen LogP contribution in [0, 0.1) is 0 Å². The molecule has 1 aliphatic heterocycles. The van der Waals surface area contributed by atoms with Crippen LogP contribution < -0.4 is 4.74 Å². The molecular weight excluding hydrogens is 392 g/mol. The van der Waals surface area contributed by atoms with E-state index in [1.54, 1.807) is 18.5 Å². The maximum absolute atomic E-state index is 12.7. The number of hydrogen-bond donors (Lipinski definition) is 0. The van der Waals surface area contributed by atoms with Gasteiger partial charge >= 0.3 is 0 Å². The molecule has 0 atom stereocenters. The maximum atomic E-state index is 12.7. The van der Waals surface area contributed by atoms with Crippen molar-refractivity contribution in [1.82, 2.24) is 19.4 Å². The normalized spacial score (nSPS) is 15.5. The molecule has 2 aromatic heterocycles. The molecule has 10 heteroatoms. The smallest absolute Gasteiger partial charge is 0.259 e. The van der Waals surface area contributed by atoms with Gasteiger partial charge in [0.15, 0.2) is 5.82 Å². The number of benzene rings is 1. The molecule has 4 rings (SSSR count). The largest absolute Gasteiger partial charge is 0.495 e. The number of hydrogen-bond acceptors (Lipinski definition) is 7. The van der Waals surface area contributed by atoms with E-state index in [4.69, 9.17) is 20.9 Å². The number of methoxy groups -OCH3 is 1. The summed E-state index contributed by atoms with van der Waals surface area (Å²) in [6.07, 6.45) is 3.28. The number of halogens is 1. The Morgan fingerprint density at radius 3 is 2.78 bits per heavy atom. The van der Waals surface area contributed by atoms with Gasteiger partial charge < -0.3 is 9.26 Å². The lowest BCUT2D eigenvalue weighted by Gasteiger charge is -2.36. The quantitative estimate of drug-likeness (QED) is 0.642. The van der Waals surface area contributed by atoms with Crippen molar-refractivity contribution in [1.29, 1.82) is 0 Å². The van der Waals surface area contributed by atoms with Crippen LogP contribution in [-0.2, 0) is 10.0 Å². The first-order valence-electron chi connectivity index (χ1n) is 8.06. The number of rotatable bonds is 5. The van der Waals surface area contributed by atoms with Gasteiger partial charge in [0.2, 0.25) is 10.0 Å². The summed E-state index contributed by atoms with van der Waals surface area (Å²) in [5.74, 6) is 1.14. The fourth-order valence-corrected chi connectivity index (χ4v) is 4.64. The Kier molecular flexibility index (Phi) is 4.58. The van der Waals surface area contributed by atoms with Crippen molar-refractivity contribution in [2.24, 2.45) is 0 Å². The second-order valence-electron chi connectivity index (χ2n) is 6.01. The lowest BCUT2D eigenvalue weighted by Crippen LogP contribution is -2.48. The Morgan fingerprint density at radius 2 is 2.11 bits per heavy atom. The van der Waals surface area contributed by atoms with Gasteiger partial charge in [-0.25, -0.2) is 8.42 Å². The summed E-state index contributed by atoms with van der Waals surface area (Å²) in [5.41, 5.74) is 0.716. The molecule has 0 N–H and O–H groups in total. The van der Waals surface area contributed by atoms with Crippen molar-refractivity contribution < 1.29 is 17.7 Å². The second-order valence-corrected chi connectivity index (χ2v) is 8.36. The Bertz CT molecular complexity index is 1070. The van der Waals surface area contributed by atoms with Gasteiger partial charge in [-0.1, -0.05) is 16.8 Å². The van der Waals surface area contributed by atoms with Crippen LogP contribution in [0.5, 0.6) is 5.75 Å². The number of aromatic nitrogens is 3. The van der Waals surface area contributed by atoms with Gasteiger partial charge in [-0.05, 0) is 30.3 Å². The van der Waals surface area contributed by atoms with E-state index >= 15 is 0 Å². The third-order valence-electron chi connectivity index (χ3n) is 4.32.